The normalized spacial score (nSPS) is 17.5. The Balaban J connectivity index is 2.32. The zero-order valence-electron chi connectivity index (χ0n) is 12.8. The molecule has 1 aromatic heterocycles. The van der Waals surface area contributed by atoms with Gasteiger partial charge < -0.3 is 19.2 Å². The second-order valence-electron chi connectivity index (χ2n) is 5.47. The average molecular weight is 369 g/mol. The van der Waals surface area contributed by atoms with E-state index < -0.39 is 26.9 Å². The van der Waals surface area contributed by atoms with E-state index >= 15 is 0 Å². The minimum absolute atomic E-state index is 0.264. The fourth-order valence-corrected chi connectivity index (χ4v) is 5.29. The van der Waals surface area contributed by atoms with Gasteiger partial charge in [0.25, 0.3) is 0 Å². The van der Waals surface area contributed by atoms with Crippen molar-refractivity contribution in [2.75, 3.05) is 6.66 Å². The molecule has 2 aromatic rings. The molecule has 24 heavy (non-hydrogen) atoms. The van der Waals surface area contributed by atoms with Crippen molar-refractivity contribution in [2.45, 2.75) is 11.9 Å². The van der Waals surface area contributed by atoms with Crippen molar-refractivity contribution < 1.29 is 33.2 Å². The average Bonchev–Trinajstić information content (AvgIpc) is 2.51. The minimum Gasteiger partial charge on any atom is -0.778 e. The highest BCUT2D eigenvalue weighted by Crippen LogP contribution is 2.57. The van der Waals surface area contributed by atoms with E-state index in [1.54, 1.807) is 36.4 Å². The Morgan fingerprint density at radius 1 is 1.12 bits per heavy atom. The zero-order valence-corrected chi connectivity index (χ0v) is 14.6. The van der Waals surface area contributed by atoms with E-state index in [-0.39, 0.29) is 5.78 Å². The van der Waals surface area contributed by atoms with Crippen LogP contribution < -0.4 is 9.46 Å². The Morgan fingerprint density at radius 3 is 2.25 bits per heavy atom. The number of hydrogen-bond donors (Lipinski definition) is 2. The van der Waals surface area contributed by atoms with Gasteiger partial charge in [-0.3, -0.25) is 9.36 Å². The van der Waals surface area contributed by atoms with E-state index in [0.29, 0.717) is 11.1 Å². The van der Waals surface area contributed by atoms with E-state index in [1.165, 1.54) is 23.0 Å². The standard InChI is InChI=1S/C15H17NO6P2/c1-23(18,19)14(24(20,21)22)11-16-9-5-8-13(10-16)15(17)12-6-3-2-4-7-12/h2-10,14H,11H2,1H3,(H2-,18,19,20,21,22). The van der Waals surface area contributed by atoms with Crippen LogP contribution in [0.25, 0.3) is 0 Å². The van der Waals surface area contributed by atoms with E-state index in [0.717, 1.165) is 6.66 Å². The first-order valence-corrected chi connectivity index (χ1v) is 10.8. The van der Waals surface area contributed by atoms with Gasteiger partial charge in [0.2, 0.25) is 7.37 Å². The van der Waals surface area contributed by atoms with Gasteiger partial charge >= 0.3 is 0 Å². The third-order valence-corrected chi connectivity index (χ3v) is 7.81. The number of hydrogen-bond acceptors (Lipinski definition) is 4. The van der Waals surface area contributed by atoms with Crippen LogP contribution in [0, 0.1) is 0 Å². The summed E-state index contributed by atoms with van der Waals surface area (Å²) in [5.74, 6) is -0.264. The van der Waals surface area contributed by atoms with Crippen LogP contribution in [0.2, 0.25) is 0 Å². The maximum absolute atomic E-state index is 12.4. The Kier molecular flexibility index (Phi) is 5.53. The van der Waals surface area contributed by atoms with Crippen LogP contribution in [0.4, 0.5) is 0 Å². The van der Waals surface area contributed by atoms with Crippen molar-refractivity contribution in [3.05, 3.63) is 66.0 Å². The summed E-state index contributed by atoms with van der Waals surface area (Å²) in [6, 6.07) is 11.6. The topological polar surface area (TPSA) is 119 Å². The Bertz CT molecular complexity index is 805. The predicted octanol–water partition coefficient (Wildman–Crippen LogP) is 0.977. The molecular weight excluding hydrogens is 352 g/mol. The fraction of sp³-hybridized carbons (Fsp3) is 0.200. The summed E-state index contributed by atoms with van der Waals surface area (Å²) in [7, 11) is -9.12. The molecule has 0 radical (unpaired) electrons. The Morgan fingerprint density at radius 2 is 1.71 bits per heavy atom. The summed E-state index contributed by atoms with van der Waals surface area (Å²) in [4.78, 5) is 42.6. The summed E-state index contributed by atoms with van der Waals surface area (Å²) in [5.41, 5.74) is 0.761. The van der Waals surface area contributed by atoms with Gasteiger partial charge in [-0.1, -0.05) is 30.3 Å². The molecule has 2 rings (SSSR count). The van der Waals surface area contributed by atoms with Crippen LogP contribution in [0.5, 0.6) is 0 Å². The van der Waals surface area contributed by atoms with Gasteiger partial charge in [-0.25, -0.2) is 4.57 Å². The number of aromatic nitrogens is 1. The Labute approximate surface area is 139 Å². The van der Waals surface area contributed by atoms with Crippen molar-refractivity contribution in [1.82, 2.24) is 0 Å². The molecule has 1 aromatic carbocycles. The molecule has 0 aliphatic carbocycles. The number of pyridine rings is 1. The van der Waals surface area contributed by atoms with E-state index in [9.17, 15) is 28.6 Å². The lowest BCUT2D eigenvalue weighted by molar-refractivity contribution is -0.694. The summed E-state index contributed by atoms with van der Waals surface area (Å²) in [6.07, 6.45) is 2.84. The number of benzene rings is 1. The molecule has 0 amide bonds. The third-order valence-electron chi connectivity index (χ3n) is 3.46. The number of rotatable bonds is 6. The van der Waals surface area contributed by atoms with Crippen LogP contribution in [0.3, 0.4) is 0 Å². The van der Waals surface area contributed by atoms with Crippen molar-refractivity contribution >= 4 is 20.7 Å². The van der Waals surface area contributed by atoms with Gasteiger partial charge in [-0.2, -0.15) is 0 Å². The van der Waals surface area contributed by atoms with Crippen LogP contribution in [0.1, 0.15) is 15.9 Å². The van der Waals surface area contributed by atoms with E-state index in [2.05, 4.69) is 0 Å². The lowest BCUT2D eigenvalue weighted by Gasteiger charge is -2.26. The first-order chi connectivity index (χ1) is 11.1. The van der Waals surface area contributed by atoms with Crippen LogP contribution >= 0.6 is 15.0 Å². The van der Waals surface area contributed by atoms with E-state index in [4.69, 9.17) is 0 Å². The molecule has 1 heterocycles. The lowest BCUT2D eigenvalue weighted by atomic mass is 10.1. The highest BCUT2D eigenvalue weighted by atomic mass is 31.2. The second-order valence-corrected chi connectivity index (χ2v) is 10.1. The van der Waals surface area contributed by atoms with Crippen molar-refractivity contribution in [1.29, 1.82) is 0 Å². The maximum Gasteiger partial charge on any atom is 0.215 e. The molecule has 0 bridgehead atoms. The SMILES string of the molecule is CP(=O)(O)C(C[n+]1cccc(C(=O)c2ccccc2)c1)P(=O)([O-])O. The minimum atomic E-state index is -5.03. The monoisotopic (exact) mass is 369 g/mol. The molecule has 0 fully saturated rings. The van der Waals surface area contributed by atoms with Gasteiger partial charge in [0.05, 0.1) is 5.56 Å². The number of carbonyl (C=O) groups is 1. The second kappa shape index (κ2) is 7.09. The predicted molar refractivity (Wildman–Crippen MR) is 85.9 cm³/mol. The van der Waals surface area contributed by atoms with Crippen molar-refractivity contribution in [3.8, 4) is 0 Å². The molecule has 3 unspecified atom stereocenters. The lowest BCUT2D eigenvalue weighted by Crippen LogP contribution is -2.41. The molecule has 0 spiro atoms. The van der Waals surface area contributed by atoms with Crippen molar-refractivity contribution in [3.63, 3.8) is 0 Å². The van der Waals surface area contributed by atoms with Gasteiger partial charge in [0.1, 0.15) is 0 Å². The summed E-state index contributed by atoms with van der Waals surface area (Å²) >= 11 is 0. The quantitative estimate of drug-likeness (QED) is 0.445. The fourth-order valence-electron chi connectivity index (χ4n) is 2.24. The molecule has 7 nitrogen and oxygen atoms in total. The molecule has 2 N–H and O–H groups in total. The molecule has 128 valence electrons. The first kappa shape index (κ1) is 18.7. The van der Waals surface area contributed by atoms with Gasteiger partial charge in [0.15, 0.2) is 37.7 Å². The number of ketones is 1. The highest BCUT2D eigenvalue weighted by molar-refractivity contribution is 7.72. The van der Waals surface area contributed by atoms with Crippen LogP contribution in [0.15, 0.2) is 54.9 Å². The first-order valence-electron chi connectivity index (χ1n) is 7.01. The van der Waals surface area contributed by atoms with Gasteiger partial charge in [-0.15, -0.1) is 0 Å². The van der Waals surface area contributed by atoms with Gasteiger partial charge in [-0.05, 0) is 6.07 Å². The molecule has 0 aliphatic rings. The largest absolute Gasteiger partial charge is 0.778 e. The molecule has 0 aliphatic heterocycles. The zero-order chi connectivity index (χ0) is 18.0. The van der Waals surface area contributed by atoms with Crippen LogP contribution in [-0.2, 0) is 15.7 Å². The Hall–Kier alpha value is -1.62. The smallest absolute Gasteiger partial charge is 0.215 e. The summed E-state index contributed by atoms with van der Waals surface area (Å²) in [5, 5.41) is -1.84. The summed E-state index contributed by atoms with van der Waals surface area (Å²) < 4.78 is 24.4. The summed E-state index contributed by atoms with van der Waals surface area (Å²) in [6.45, 7) is 0.440. The molecule has 0 saturated carbocycles. The maximum atomic E-state index is 12.4. The molecule has 0 saturated heterocycles. The number of carbonyl (C=O) groups excluding carboxylic acids is 1. The molecule has 3 atom stereocenters. The van der Waals surface area contributed by atoms with E-state index in [1.807, 2.05) is 0 Å². The number of nitrogens with zero attached hydrogens (tertiary/aromatic N) is 1. The third kappa shape index (κ3) is 4.69. The molecular formula is C15H17NO6P2. The molecule has 9 heteroatoms. The highest BCUT2D eigenvalue weighted by Gasteiger charge is 2.38. The van der Waals surface area contributed by atoms with Crippen LogP contribution in [-0.4, -0.2) is 27.6 Å². The van der Waals surface area contributed by atoms with Gasteiger partial charge in [0, 0.05) is 18.3 Å². The van der Waals surface area contributed by atoms with Crippen molar-refractivity contribution in [2.24, 2.45) is 0 Å².